The van der Waals surface area contributed by atoms with Crippen LogP contribution in [0.5, 0.6) is 0 Å². The molecule has 2 aromatic carbocycles. The van der Waals surface area contributed by atoms with Gasteiger partial charge in [0.05, 0.1) is 0 Å². The van der Waals surface area contributed by atoms with E-state index in [0.717, 1.165) is 21.7 Å². The number of rotatable bonds is 2. The van der Waals surface area contributed by atoms with E-state index in [-0.39, 0.29) is 0 Å². The Morgan fingerprint density at radius 3 is 2.29 bits per heavy atom. The highest BCUT2D eigenvalue weighted by Crippen LogP contribution is 2.32. The van der Waals surface area contributed by atoms with Gasteiger partial charge in [0.15, 0.2) is 0 Å². The maximum atomic E-state index is 6.17. The molecule has 0 N–H and O–H groups in total. The van der Waals surface area contributed by atoms with Gasteiger partial charge < -0.3 is 0 Å². The standard InChI is InChI=1S/C13H8BrCl3/c14-7-9-5-8(1-4-12(9)16)11-3-2-10(15)6-13(11)17/h1-6H,7H2. The van der Waals surface area contributed by atoms with Crippen molar-refractivity contribution >= 4 is 50.7 Å². The Morgan fingerprint density at radius 2 is 1.65 bits per heavy atom. The Labute approximate surface area is 124 Å². The largest absolute Gasteiger partial charge is 0.0876 e. The summed E-state index contributed by atoms with van der Waals surface area (Å²) in [6.45, 7) is 0. The van der Waals surface area contributed by atoms with Crippen LogP contribution in [0.2, 0.25) is 15.1 Å². The van der Waals surface area contributed by atoms with Crippen LogP contribution in [0.4, 0.5) is 0 Å². The van der Waals surface area contributed by atoms with Gasteiger partial charge in [-0.15, -0.1) is 0 Å². The van der Waals surface area contributed by atoms with Crippen LogP contribution in [0.15, 0.2) is 36.4 Å². The van der Waals surface area contributed by atoms with Gasteiger partial charge in [-0.25, -0.2) is 0 Å². The highest BCUT2D eigenvalue weighted by molar-refractivity contribution is 9.08. The molecular formula is C13H8BrCl3. The van der Waals surface area contributed by atoms with Crippen molar-refractivity contribution < 1.29 is 0 Å². The summed E-state index contributed by atoms with van der Waals surface area (Å²) < 4.78 is 0. The molecule has 17 heavy (non-hydrogen) atoms. The smallest absolute Gasteiger partial charge is 0.0499 e. The van der Waals surface area contributed by atoms with Gasteiger partial charge in [0, 0.05) is 26.0 Å². The summed E-state index contributed by atoms with van der Waals surface area (Å²) in [5.74, 6) is 0. The summed E-state index contributed by atoms with van der Waals surface area (Å²) in [6, 6.07) is 11.3. The first-order valence-electron chi connectivity index (χ1n) is 4.91. The molecule has 0 spiro atoms. The average molecular weight is 350 g/mol. The summed E-state index contributed by atoms with van der Waals surface area (Å²) in [4.78, 5) is 0. The molecular weight excluding hydrogens is 342 g/mol. The molecule has 0 fully saturated rings. The normalized spacial score (nSPS) is 10.6. The van der Waals surface area contributed by atoms with Crippen molar-refractivity contribution in [2.75, 3.05) is 0 Å². The summed E-state index contributed by atoms with van der Waals surface area (Å²) in [6.07, 6.45) is 0. The van der Waals surface area contributed by atoms with E-state index >= 15 is 0 Å². The van der Waals surface area contributed by atoms with Gasteiger partial charge in [0.1, 0.15) is 0 Å². The minimum atomic E-state index is 0.633. The maximum Gasteiger partial charge on any atom is 0.0499 e. The summed E-state index contributed by atoms with van der Waals surface area (Å²) in [5.41, 5.74) is 3.02. The van der Waals surface area contributed by atoms with Crippen molar-refractivity contribution in [3.63, 3.8) is 0 Å². The van der Waals surface area contributed by atoms with E-state index in [1.54, 1.807) is 6.07 Å². The third-order valence-electron chi connectivity index (χ3n) is 2.43. The molecule has 0 aromatic heterocycles. The summed E-state index contributed by atoms with van der Waals surface area (Å²) in [7, 11) is 0. The predicted octanol–water partition coefficient (Wildman–Crippen LogP) is 6.21. The van der Waals surface area contributed by atoms with Gasteiger partial charge in [0.25, 0.3) is 0 Å². The molecule has 0 unspecified atom stereocenters. The molecule has 0 bridgehead atoms. The Kier molecular flexibility index (Phi) is 4.37. The van der Waals surface area contributed by atoms with Crippen LogP contribution < -0.4 is 0 Å². The maximum absolute atomic E-state index is 6.17. The molecule has 2 aromatic rings. The van der Waals surface area contributed by atoms with Crippen molar-refractivity contribution in [3.8, 4) is 11.1 Å². The summed E-state index contributed by atoms with van der Waals surface area (Å²) in [5, 5.41) is 2.73. The molecule has 88 valence electrons. The number of alkyl halides is 1. The number of hydrogen-bond acceptors (Lipinski definition) is 0. The zero-order chi connectivity index (χ0) is 12.4. The fourth-order valence-corrected chi connectivity index (χ4v) is 2.90. The molecule has 0 nitrogen and oxygen atoms in total. The van der Waals surface area contributed by atoms with Gasteiger partial charge in [0.2, 0.25) is 0 Å². The molecule has 0 saturated heterocycles. The SMILES string of the molecule is Clc1ccc(-c2ccc(Cl)c(CBr)c2)c(Cl)c1. The molecule has 0 heterocycles. The average Bonchev–Trinajstić information content (AvgIpc) is 2.30. The molecule has 2 rings (SSSR count). The van der Waals surface area contributed by atoms with Crippen LogP contribution in [-0.2, 0) is 5.33 Å². The van der Waals surface area contributed by atoms with E-state index < -0.39 is 0 Å². The molecule has 0 radical (unpaired) electrons. The van der Waals surface area contributed by atoms with Crippen LogP contribution in [0.3, 0.4) is 0 Å². The second kappa shape index (κ2) is 5.62. The van der Waals surface area contributed by atoms with E-state index in [2.05, 4.69) is 15.9 Å². The van der Waals surface area contributed by atoms with Gasteiger partial charge in [-0.3, -0.25) is 0 Å². The topological polar surface area (TPSA) is 0 Å². The van der Waals surface area contributed by atoms with Gasteiger partial charge in [-0.2, -0.15) is 0 Å². The third-order valence-corrected chi connectivity index (χ3v) is 3.95. The molecule has 0 aliphatic rings. The number of hydrogen-bond donors (Lipinski definition) is 0. The highest BCUT2D eigenvalue weighted by atomic mass is 79.9. The van der Waals surface area contributed by atoms with Crippen LogP contribution >= 0.6 is 50.7 Å². The van der Waals surface area contributed by atoms with Gasteiger partial charge >= 0.3 is 0 Å². The lowest BCUT2D eigenvalue weighted by molar-refractivity contribution is 1.43. The molecule has 0 aliphatic carbocycles. The quantitative estimate of drug-likeness (QED) is 0.565. The molecule has 0 amide bonds. The first-order chi connectivity index (χ1) is 8.11. The lowest BCUT2D eigenvalue weighted by atomic mass is 10.0. The van der Waals surface area contributed by atoms with Gasteiger partial charge in [-0.1, -0.05) is 62.9 Å². The van der Waals surface area contributed by atoms with Crippen molar-refractivity contribution in [1.82, 2.24) is 0 Å². The zero-order valence-electron chi connectivity index (χ0n) is 8.68. The number of benzene rings is 2. The molecule has 0 atom stereocenters. The van der Waals surface area contributed by atoms with E-state index in [1.165, 1.54) is 0 Å². The first kappa shape index (κ1) is 13.2. The zero-order valence-corrected chi connectivity index (χ0v) is 12.5. The monoisotopic (exact) mass is 348 g/mol. The second-order valence-corrected chi connectivity index (χ2v) is 5.38. The highest BCUT2D eigenvalue weighted by Gasteiger charge is 2.07. The van der Waals surface area contributed by atoms with Crippen molar-refractivity contribution in [2.45, 2.75) is 5.33 Å². The van der Waals surface area contributed by atoms with E-state index in [1.807, 2.05) is 30.3 Å². The van der Waals surface area contributed by atoms with Crippen LogP contribution in [0.25, 0.3) is 11.1 Å². The third kappa shape index (κ3) is 2.97. The lowest BCUT2D eigenvalue weighted by Gasteiger charge is -2.08. The van der Waals surface area contributed by atoms with Crippen molar-refractivity contribution in [1.29, 1.82) is 0 Å². The Morgan fingerprint density at radius 1 is 0.882 bits per heavy atom. The van der Waals surface area contributed by atoms with E-state index in [9.17, 15) is 0 Å². The van der Waals surface area contributed by atoms with Crippen LogP contribution in [0.1, 0.15) is 5.56 Å². The minimum absolute atomic E-state index is 0.633. The van der Waals surface area contributed by atoms with E-state index in [0.29, 0.717) is 15.4 Å². The molecule has 4 heteroatoms. The number of halogens is 4. The van der Waals surface area contributed by atoms with Crippen molar-refractivity contribution in [2.24, 2.45) is 0 Å². The van der Waals surface area contributed by atoms with Crippen molar-refractivity contribution in [3.05, 3.63) is 57.0 Å². The van der Waals surface area contributed by atoms with Crippen LogP contribution in [0, 0.1) is 0 Å². The Balaban J connectivity index is 2.53. The lowest BCUT2D eigenvalue weighted by Crippen LogP contribution is -1.84. The first-order valence-corrected chi connectivity index (χ1v) is 7.17. The summed E-state index contributed by atoms with van der Waals surface area (Å²) >= 11 is 21.5. The molecule has 0 saturated carbocycles. The van der Waals surface area contributed by atoms with Crippen LogP contribution in [-0.4, -0.2) is 0 Å². The predicted molar refractivity (Wildman–Crippen MR) is 79.5 cm³/mol. The molecule has 0 aliphatic heterocycles. The fourth-order valence-electron chi connectivity index (χ4n) is 1.57. The minimum Gasteiger partial charge on any atom is -0.0876 e. The Bertz CT molecular complexity index is 552. The fraction of sp³-hybridized carbons (Fsp3) is 0.0769. The van der Waals surface area contributed by atoms with Gasteiger partial charge in [-0.05, 0) is 35.4 Å². The van der Waals surface area contributed by atoms with E-state index in [4.69, 9.17) is 34.8 Å². The second-order valence-electron chi connectivity index (χ2n) is 3.56. The Hall–Kier alpha value is -0.210.